The van der Waals surface area contributed by atoms with Crippen LogP contribution in [0.5, 0.6) is 0 Å². The van der Waals surface area contributed by atoms with Crippen molar-refractivity contribution in [1.29, 1.82) is 0 Å². The number of carbonyl (C=O) groups excluding carboxylic acids is 3. The molecule has 2 aromatic carbocycles. The van der Waals surface area contributed by atoms with Crippen LogP contribution in [0.15, 0.2) is 53.4 Å². The number of alkyl carbamates (subject to hydrolysis) is 1. The number of amides is 3. The van der Waals surface area contributed by atoms with Gasteiger partial charge in [-0.25, -0.2) is 13.2 Å². The van der Waals surface area contributed by atoms with Crippen LogP contribution in [0.1, 0.15) is 36.7 Å². The van der Waals surface area contributed by atoms with Crippen LogP contribution < -0.4 is 16.0 Å². The number of sulfonamides is 1. The molecule has 1 heterocycles. The lowest BCUT2D eigenvalue weighted by atomic mass is 9.93. The van der Waals surface area contributed by atoms with E-state index in [-0.39, 0.29) is 23.6 Å². The molecule has 11 heteroatoms. The number of ether oxygens (including phenoxy) is 1. The quantitative estimate of drug-likeness (QED) is 0.495. The maximum absolute atomic E-state index is 12.7. The summed E-state index contributed by atoms with van der Waals surface area (Å²) in [5.41, 5.74) is 0.675. The highest BCUT2D eigenvalue weighted by Gasteiger charge is 2.36. The molecule has 3 rings (SSSR count). The first-order valence-corrected chi connectivity index (χ1v) is 12.3. The minimum atomic E-state index is -3.71. The summed E-state index contributed by atoms with van der Waals surface area (Å²) in [6.07, 6.45) is -0.506. The molecule has 1 aliphatic heterocycles. The van der Waals surface area contributed by atoms with E-state index in [0.29, 0.717) is 18.8 Å². The summed E-state index contributed by atoms with van der Waals surface area (Å²) in [6.45, 7) is 5.78. The van der Waals surface area contributed by atoms with E-state index in [0.717, 1.165) is 5.56 Å². The average molecular weight is 489 g/mol. The third-order valence-electron chi connectivity index (χ3n) is 5.50. The number of hydrogen-bond donors (Lipinski definition) is 3. The minimum Gasteiger partial charge on any atom is -0.447 e. The number of benzene rings is 2. The van der Waals surface area contributed by atoms with Gasteiger partial charge in [-0.1, -0.05) is 32.0 Å². The SMILES string of the molecule is CCN(CC)S(=O)(=O)c1cccc(C(=O)NCC(=O)Nc2cccc(C3(C)COC(=O)N3)c2)c1. The maximum atomic E-state index is 12.7. The largest absolute Gasteiger partial charge is 0.447 e. The van der Waals surface area contributed by atoms with Gasteiger partial charge in [0.15, 0.2) is 0 Å². The molecule has 34 heavy (non-hydrogen) atoms. The van der Waals surface area contributed by atoms with Gasteiger partial charge in [-0.05, 0) is 42.8 Å². The lowest BCUT2D eigenvalue weighted by Crippen LogP contribution is -2.37. The second-order valence-electron chi connectivity index (χ2n) is 7.96. The number of nitrogens with one attached hydrogen (secondary N) is 3. The Morgan fingerprint density at radius 2 is 1.82 bits per heavy atom. The summed E-state index contributed by atoms with van der Waals surface area (Å²) in [5.74, 6) is -1.03. The molecule has 3 N–H and O–H groups in total. The molecule has 0 aliphatic carbocycles. The Kier molecular flexibility index (Phi) is 7.57. The molecule has 0 saturated carbocycles. The Balaban J connectivity index is 1.62. The number of cyclic esters (lactones) is 1. The van der Waals surface area contributed by atoms with Crippen molar-refractivity contribution in [3.63, 3.8) is 0 Å². The molecule has 1 atom stereocenters. The zero-order valence-corrected chi connectivity index (χ0v) is 20.1. The fourth-order valence-corrected chi connectivity index (χ4v) is 5.09. The zero-order chi connectivity index (χ0) is 24.9. The van der Waals surface area contributed by atoms with Crippen molar-refractivity contribution >= 4 is 33.6 Å². The van der Waals surface area contributed by atoms with Crippen molar-refractivity contribution in [1.82, 2.24) is 14.9 Å². The van der Waals surface area contributed by atoms with Gasteiger partial charge in [-0.2, -0.15) is 4.31 Å². The number of nitrogens with zero attached hydrogens (tertiary/aromatic N) is 1. The van der Waals surface area contributed by atoms with E-state index >= 15 is 0 Å². The van der Waals surface area contributed by atoms with Crippen molar-refractivity contribution in [2.75, 3.05) is 31.6 Å². The molecule has 2 aromatic rings. The van der Waals surface area contributed by atoms with Crippen LogP contribution in [0.2, 0.25) is 0 Å². The smallest absolute Gasteiger partial charge is 0.408 e. The Morgan fingerprint density at radius 1 is 1.12 bits per heavy atom. The summed E-state index contributed by atoms with van der Waals surface area (Å²) in [7, 11) is -3.71. The van der Waals surface area contributed by atoms with Gasteiger partial charge in [-0.3, -0.25) is 9.59 Å². The summed E-state index contributed by atoms with van der Waals surface area (Å²) in [4.78, 5) is 36.4. The fourth-order valence-electron chi connectivity index (χ4n) is 3.58. The first-order chi connectivity index (χ1) is 16.1. The molecule has 1 unspecified atom stereocenters. The van der Waals surface area contributed by atoms with Crippen molar-refractivity contribution < 1.29 is 27.5 Å². The van der Waals surface area contributed by atoms with Gasteiger partial charge < -0.3 is 20.7 Å². The van der Waals surface area contributed by atoms with Crippen molar-refractivity contribution in [2.24, 2.45) is 0 Å². The highest BCUT2D eigenvalue weighted by molar-refractivity contribution is 7.89. The average Bonchev–Trinajstić information content (AvgIpc) is 3.18. The van der Waals surface area contributed by atoms with Gasteiger partial charge >= 0.3 is 6.09 Å². The van der Waals surface area contributed by atoms with E-state index in [2.05, 4.69) is 16.0 Å². The molecular weight excluding hydrogens is 460 g/mol. The second kappa shape index (κ2) is 10.2. The van der Waals surface area contributed by atoms with Crippen LogP contribution in [0.3, 0.4) is 0 Å². The van der Waals surface area contributed by atoms with Crippen LogP contribution in [0.4, 0.5) is 10.5 Å². The van der Waals surface area contributed by atoms with E-state index in [1.54, 1.807) is 32.0 Å². The molecule has 1 saturated heterocycles. The summed E-state index contributed by atoms with van der Waals surface area (Å²) >= 11 is 0. The Bertz CT molecular complexity index is 1200. The van der Waals surface area contributed by atoms with Crippen LogP contribution >= 0.6 is 0 Å². The maximum Gasteiger partial charge on any atom is 0.408 e. The second-order valence-corrected chi connectivity index (χ2v) is 9.90. The van der Waals surface area contributed by atoms with E-state index in [1.807, 2.05) is 13.0 Å². The topological polar surface area (TPSA) is 134 Å². The normalized spacial score (nSPS) is 17.7. The predicted molar refractivity (Wildman–Crippen MR) is 126 cm³/mol. The van der Waals surface area contributed by atoms with Gasteiger partial charge in [0.25, 0.3) is 5.91 Å². The number of rotatable bonds is 9. The van der Waals surface area contributed by atoms with Gasteiger partial charge in [0.2, 0.25) is 15.9 Å². The first-order valence-electron chi connectivity index (χ1n) is 10.8. The third-order valence-corrected chi connectivity index (χ3v) is 7.55. The van der Waals surface area contributed by atoms with Crippen molar-refractivity contribution in [3.8, 4) is 0 Å². The molecule has 0 radical (unpaired) electrons. The third kappa shape index (κ3) is 5.54. The molecule has 182 valence electrons. The van der Waals surface area contributed by atoms with Crippen molar-refractivity contribution in [2.45, 2.75) is 31.2 Å². The van der Waals surface area contributed by atoms with Gasteiger partial charge in [0.05, 0.1) is 17.0 Å². The fraction of sp³-hybridized carbons (Fsp3) is 0.348. The van der Waals surface area contributed by atoms with E-state index < -0.39 is 33.5 Å². The van der Waals surface area contributed by atoms with E-state index in [1.165, 1.54) is 28.6 Å². The Labute approximate surface area is 198 Å². The van der Waals surface area contributed by atoms with E-state index in [9.17, 15) is 22.8 Å². The highest BCUT2D eigenvalue weighted by atomic mass is 32.2. The molecule has 1 aliphatic rings. The van der Waals surface area contributed by atoms with Gasteiger partial charge in [-0.15, -0.1) is 0 Å². The van der Waals surface area contributed by atoms with Gasteiger partial charge in [0.1, 0.15) is 6.61 Å². The van der Waals surface area contributed by atoms with Gasteiger partial charge in [0, 0.05) is 24.3 Å². The van der Waals surface area contributed by atoms with Crippen LogP contribution in [-0.2, 0) is 25.1 Å². The minimum absolute atomic E-state index is 0.0154. The molecule has 1 fully saturated rings. The first kappa shape index (κ1) is 25.2. The lowest BCUT2D eigenvalue weighted by Gasteiger charge is -2.22. The predicted octanol–water partition coefficient (Wildman–Crippen LogP) is 2.04. The molecule has 3 amide bonds. The standard InChI is InChI=1S/C23H28N4O6S/c1-4-27(5-2)34(31,32)19-11-6-8-16(12-19)21(29)24-14-20(28)25-18-10-7-9-17(13-18)23(3)15-33-22(30)26-23/h6-13H,4-5,14-15H2,1-3H3,(H,24,29)(H,25,28)(H,26,30). The number of carbonyl (C=O) groups is 3. The molecule has 0 spiro atoms. The van der Waals surface area contributed by atoms with E-state index in [4.69, 9.17) is 4.74 Å². The molecule has 0 bridgehead atoms. The zero-order valence-electron chi connectivity index (χ0n) is 19.3. The van der Waals surface area contributed by atoms with Crippen molar-refractivity contribution in [3.05, 3.63) is 59.7 Å². The monoisotopic (exact) mass is 488 g/mol. The van der Waals surface area contributed by atoms with Crippen LogP contribution in [-0.4, -0.2) is 56.9 Å². The van der Waals surface area contributed by atoms with Crippen LogP contribution in [0.25, 0.3) is 0 Å². The summed E-state index contributed by atoms with van der Waals surface area (Å²) < 4.78 is 31.7. The summed E-state index contributed by atoms with van der Waals surface area (Å²) in [6, 6.07) is 12.7. The number of anilines is 1. The molecular formula is C23H28N4O6S. The Hall–Kier alpha value is -3.44. The Morgan fingerprint density at radius 3 is 2.47 bits per heavy atom. The number of hydrogen-bond acceptors (Lipinski definition) is 6. The lowest BCUT2D eigenvalue weighted by molar-refractivity contribution is -0.115. The highest BCUT2D eigenvalue weighted by Crippen LogP contribution is 2.27. The summed E-state index contributed by atoms with van der Waals surface area (Å²) in [5, 5.41) is 7.94. The molecule has 10 nitrogen and oxygen atoms in total. The molecule has 0 aromatic heterocycles. The van der Waals surface area contributed by atoms with Crippen LogP contribution in [0, 0.1) is 0 Å².